The first-order valence-corrected chi connectivity index (χ1v) is 12.0. The van der Waals surface area contributed by atoms with Gasteiger partial charge in [0.2, 0.25) is 5.95 Å². The van der Waals surface area contributed by atoms with Crippen molar-refractivity contribution in [1.82, 2.24) is 14.9 Å². The van der Waals surface area contributed by atoms with E-state index < -0.39 is 5.82 Å². The van der Waals surface area contributed by atoms with Crippen molar-refractivity contribution in [2.24, 2.45) is 0 Å². The van der Waals surface area contributed by atoms with Crippen molar-refractivity contribution >= 4 is 17.5 Å². The number of rotatable bonds is 6. The fourth-order valence-electron chi connectivity index (χ4n) is 5.49. The summed E-state index contributed by atoms with van der Waals surface area (Å²) in [4.78, 5) is 13.9. The summed E-state index contributed by atoms with van der Waals surface area (Å²) in [5, 5.41) is 12.5. The lowest BCUT2D eigenvalue weighted by Crippen LogP contribution is -2.56. The minimum Gasteiger partial charge on any atom is -0.491 e. The van der Waals surface area contributed by atoms with Crippen LogP contribution >= 0.6 is 0 Å². The summed E-state index contributed by atoms with van der Waals surface area (Å²) in [7, 11) is 3.68. The van der Waals surface area contributed by atoms with E-state index in [4.69, 9.17) is 9.72 Å². The number of nitrogens with zero attached hydrogens (tertiary/aromatic N) is 5. The molecule has 1 aromatic carbocycles. The zero-order valence-corrected chi connectivity index (χ0v) is 19.4. The molecule has 3 heterocycles. The predicted molar refractivity (Wildman–Crippen MR) is 126 cm³/mol. The van der Waals surface area contributed by atoms with Crippen molar-refractivity contribution in [2.45, 2.75) is 62.9 Å². The molecule has 0 radical (unpaired) electrons. The highest BCUT2D eigenvalue weighted by atomic mass is 19.1. The van der Waals surface area contributed by atoms with Crippen molar-refractivity contribution in [1.29, 1.82) is 5.26 Å². The smallest absolute Gasteiger partial charge is 0.229 e. The van der Waals surface area contributed by atoms with Crippen LogP contribution in [0, 0.1) is 17.1 Å². The molecular formula is C25H31FN6O. The molecule has 0 amide bonds. The molecule has 1 aliphatic carbocycles. The second-order valence-electron chi connectivity index (χ2n) is 9.44. The Labute approximate surface area is 194 Å². The number of piperidine rings is 2. The Kier molecular flexibility index (Phi) is 6.07. The largest absolute Gasteiger partial charge is 0.491 e. The van der Waals surface area contributed by atoms with E-state index in [1.807, 2.05) is 0 Å². The number of hydrogen-bond acceptors (Lipinski definition) is 7. The number of anilines is 3. The van der Waals surface area contributed by atoms with E-state index in [2.05, 4.69) is 33.2 Å². The maximum absolute atomic E-state index is 14.9. The van der Waals surface area contributed by atoms with Gasteiger partial charge in [-0.1, -0.05) is 6.42 Å². The van der Waals surface area contributed by atoms with Crippen LogP contribution in [0.15, 0.2) is 18.3 Å². The third kappa shape index (κ3) is 4.34. The molecule has 1 N–H and O–H groups in total. The minimum atomic E-state index is -0.393. The van der Waals surface area contributed by atoms with Crippen LogP contribution in [-0.4, -0.2) is 54.2 Å². The Morgan fingerprint density at radius 1 is 1.18 bits per heavy atom. The quantitative estimate of drug-likeness (QED) is 0.691. The van der Waals surface area contributed by atoms with Gasteiger partial charge in [0.05, 0.1) is 30.6 Å². The molecular weight excluding hydrogens is 419 g/mol. The van der Waals surface area contributed by atoms with Crippen LogP contribution in [0.3, 0.4) is 0 Å². The lowest BCUT2D eigenvalue weighted by Gasteiger charge is -2.47. The lowest BCUT2D eigenvalue weighted by molar-refractivity contribution is 0.0892. The van der Waals surface area contributed by atoms with Gasteiger partial charge in [-0.2, -0.15) is 10.2 Å². The van der Waals surface area contributed by atoms with Crippen LogP contribution in [0.25, 0.3) is 0 Å². The van der Waals surface area contributed by atoms with E-state index in [-0.39, 0.29) is 11.6 Å². The van der Waals surface area contributed by atoms with Gasteiger partial charge in [-0.15, -0.1) is 0 Å². The van der Waals surface area contributed by atoms with E-state index in [1.165, 1.54) is 44.8 Å². The Morgan fingerprint density at radius 3 is 2.76 bits per heavy atom. The Bertz CT molecular complexity index is 1060. The summed E-state index contributed by atoms with van der Waals surface area (Å²) < 4.78 is 20.4. The SMILES string of the molecule is COc1cnc(Nc2cc(C#N)c(C3CC3)cc2F)nc1N(C)[C@H]1CCCN2CCCC[C@H]12. The van der Waals surface area contributed by atoms with E-state index in [9.17, 15) is 9.65 Å². The molecule has 5 rings (SSSR count). The summed E-state index contributed by atoms with van der Waals surface area (Å²) >= 11 is 0. The van der Waals surface area contributed by atoms with Gasteiger partial charge < -0.3 is 15.0 Å². The highest BCUT2D eigenvalue weighted by molar-refractivity contribution is 5.63. The summed E-state index contributed by atoms with van der Waals surface area (Å²) in [5.41, 5.74) is 1.52. The highest BCUT2D eigenvalue weighted by Gasteiger charge is 2.36. The van der Waals surface area contributed by atoms with E-state index in [0.717, 1.165) is 24.8 Å². The minimum absolute atomic E-state index is 0.214. The summed E-state index contributed by atoms with van der Waals surface area (Å²) in [6.45, 7) is 2.33. The molecule has 8 heteroatoms. The number of likely N-dealkylation sites (N-methyl/N-ethyl adjacent to an activating group) is 1. The molecule has 3 fully saturated rings. The summed E-state index contributed by atoms with van der Waals surface area (Å²) in [6.07, 6.45) is 9.66. The van der Waals surface area contributed by atoms with Crippen LogP contribution < -0.4 is 15.0 Å². The van der Waals surface area contributed by atoms with Crippen molar-refractivity contribution in [3.05, 3.63) is 35.3 Å². The van der Waals surface area contributed by atoms with E-state index in [1.54, 1.807) is 19.4 Å². The average Bonchev–Trinajstić information content (AvgIpc) is 3.69. The molecule has 3 aliphatic rings. The third-order valence-corrected chi connectivity index (χ3v) is 7.36. The maximum Gasteiger partial charge on any atom is 0.229 e. The first kappa shape index (κ1) is 21.9. The van der Waals surface area contributed by atoms with Crippen LogP contribution in [-0.2, 0) is 0 Å². The monoisotopic (exact) mass is 450 g/mol. The Morgan fingerprint density at radius 2 is 2.00 bits per heavy atom. The molecule has 2 saturated heterocycles. The summed E-state index contributed by atoms with van der Waals surface area (Å²) in [6, 6.07) is 6.11. The Balaban J connectivity index is 1.42. The van der Waals surface area contributed by atoms with Gasteiger partial charge in [0.15, 0.2) is 11.6 Å². The molecule has 0 unspecified atom stereocenters. The predicted octanol–water partition coefficient (Wildman–Crippen LogP) is 4.57. The first-order valence-electron chi connectivity index (χ1n) is 12.0. The zero-order valence-electron chi connectivity index (χ0n) is 19.4. The van der Waals surface area contributed by atoms with Crippen LogP contribution in [0.5, 0.6) is 5.75 Å². The molecule has 174 valence electrons. The number of aromatic nitrogens is 2. The second kappa shape index (κ2) is 9.14. The fourth-order valence-corrected chi connectivity index (χ4v) is 5.49. The van der Waals surface area contributed by atoms with Gasteiger partial charge in [-0.25, -0.2) is 9.37 Å². The molecule has 0 spiro atoms. The van der Waals surface area contributed by atoms with Crippen molar-refractivity contribution < 1.29 is 9.13 Å². The van der Waals surface area contributed by atoms with E-state index in [0.29, 0.717) is 35.1 Å². The van der Waals surface area contributed by atoms with Gasteiger partial charge in [0.25, 0.3) is 0 Å². The molecule has 2 atom stereocenters. The number of halogens is 1. The molecule has 1 aromatic heterocycles. The normalized spacial score (nSPS) is 22.8. The maximum atomic E-state index is 14.9. The first-order chi connectivity index (χ1) is 16.1. The highest BCUT2D eigenvalue weighted by Crippen LogP contribution is 2.43. The molecule has 7 nitrogen and oxygen atoms in total. The van der Waals surface area contributed by atoms with E-state index >= 15 is 0 Å². The van der Waals surface area contributed by atoms with Gasteiger partial charge in [-0.05, 0) is 75.2 Å². The van der Waals surface area contributed by atoms with Crippen LogP contribution in [0.1, 0.15) is 62.0 Å². The molecule has 0 bridgehead atoms. The average molecular weight is 451 g/mol. The topological polar surface area (TPSA) is 77.3 Å². The molecule has 1 saturated carbocycles. The number of hydrogen-bond donors (Lipinski definition) is 1. The number of ether oxygens (including phenoxy) is 1. The van der Waals surface area contributed by atoms with Crippen molar-refractivity contribution in [3.8, 4) is 11.8 Å². The summed E-state index contributed by atoms with van der Waals surface area (Å²) in [5.74, 6) is 1.49. The number of fused-ring (bicyclic) bond motifs is 1. The lowest BCUT2D eigenvalue weighted by atomic mass is 9.88. The standard InChI is InChI=1S/C25H31FN6O/c1-31(21-7-5-11-32-10-4-3-6-22(21)32)24-23(33-2)15-28-25(30-24)29-20-12-17(14-27)18(13-19(20)26)16-8-9-16/h12-13,15-16,21-22H,3-11H2,1-2H3,(H,28,29,30)/t21-,22+/m0/s1. The number of nitriles is 1. The van der Waals surface area contributed by atoms with Crippen LogP contribution in [0.4, 0.5) is 21.8 Å². The van der Waals surface area contributed by atoms with Gasteiger partial charge in [0, 0.05) is 19.1 Å². The van der Waals surface area contributed by atoms with Gasteiger partial charge in [-0.3, -0.25) is 4.90 Å². The fraction of sp³-hybridized carbons (Fsp3) is 0.560. The number of nitrogens with one attached hydrogen (secondary N) is 1. The van der Waals surface area contributed by atoms with Gasteiger partial charge >= 0.3 is 0 Å². The molecule has 2 aliphatic heterocycles. The van der Waals surface area contributed by atoms with Crippen molar-refractivity contribution in [3.63, 3.8) is 0 Å². The molecule has 2 aromatic rings. The van der Waals surface area contributed by atoms with Crippen LogP contribution in [0.2, 0.25) is 0 Å². The van der Waals surface area contributed by atoms with Gasteiger partial charge in [0.1, 0.15) is 5.82 Å². The Hall–Kier alpha value is -2.92. The second-order valence-corrected chi connectivity index (χ2v) is 9.44. The number of methoxy groups -OCH3 is 1. The third-order valence-electron chi connectivity index (χ3n) is 7.36. The number of benzene rings is 1. The van der Waals surface area contributed by atoms with Crippen molar-refractivity contribution in [2.75, 3.05) is 37.5 Å². The molecule has 33 heavy (non-hydrogen) atoms. The zero-order chi connectivity index (χ0) is 22.9.